The van der Waals surface area contributed by atoms with Gasteiger partial charge in [-0.15, -0.1) is 0 Å². The van der Waals surface area contributed by atoms with Gasteiger partial charge in [0.2, 0.25) is 0 Å². The minimum absolute atomic E-state index is 0.0789. The van der Waals surface area contributed by atoms with Crippen molar-refractivity contribution in [3.05, 3.63) is 35.4 Å². The molecule has 0 aliphatic carbocycles. The Labute approximate surface area is 139 Å². The topological polar surface area (TPSA) is 50.8 Å². The molecule has 0 unspecified atom stereocenters. The van der Waals surface area contributed by atoms with E-state index in [2.05, 4.69) is 10.2 Å². The normalized spacial score (nSPS) is 23.2. The Kier molecular flexibility index (Phi) is 5.76. The second-order valence-electron chi connectivity index (χ2n) is 6.15. The van der Waals surface area contributed by atoms with Crippen LogP contribution in [0.2, 0.25) is 0 Å². The molecule has 0 saturated carbocycles. The molecule has 24 heavy (non-hydrogen) atoms. The van der Waals surface area contributed by atoms with Crippen LogP contribution in [0.4, 0.5) is 8.78 Å². The number of ether oxygens (including phenoxy) is 2. The Hall–Kier alpha value is -1.57. The zero-order chi connectivity index (χ0) is 16.9. The van der Waals surface area contributed by atoms with E-state index in [1.807, 2.05) is 0 Å². The van der Waals surface area contributed by atoms with Crippen LogP contribution in [0.15, 0.2) is 18.2 Å². The molecule has 0 radical (unpaired) electrons. The van der Waals surface area contributed by atoms with E-state index in [-0.39, 0.29) is 6.04 Å². The molecule has 1 N–H and O–H groups in total. The van der Waals surface area contributed by atoms with Gasteiger partial charge in [0.1, 0.15) is 17.2 Å². The predicted octanol–water partition coefficient (Wildman–Crippen LogP) is 1.43. The largest absolute Gasteiger partial charge is 0.381 e. The third kappa shape index (κ3) is 3.91. The van der Waals surface area contributed by atoms with E-state index in [0.717, 1.165) is 31.6 Å². The minimum Gasteiger partial charge on any atom is -0.381 e. The second-order valence-corrected chi connectivity index (χ2v) is 6.15. The van der Waals surface area contributed by atoms with Gasteiger partial charge in [-0.05, 0) is 18.6 Å². The molecule has 0 aromatic heterocycles. The van der Waals surface area contributed by atoms with Gasteiger partial charge in [-0.3, -0.25) is 9.69 Å². The first-order valence-electron chi connectivity index (χ1n) is 8.28. The Bertz CT molecular complexity index is 553. The van der Waals surface area contributed by atoms with Gasteiger partial charge in [0.25, 0.3) is 5.91 Å². The molecule has 2 heterocycles. The van der Waals surface area contributed by atoms with Gasteiger partial charge in [0, 0.05) is 38.2 Å². The number of hydrogen-bond donors (Lipinski definition) is 1. The highest BCUT2D eigenvalue weighted by Crippen LogP contribution is 2.22. The molecule has 2 aliphatic heterocycles. The van der Waals surface area contributed by atoms with Crippen molar-refractivity contribution < 1.29 is 23.0 Å². The molecule has 132 valence electrons. The molecule has 2 fully saturated rings. The molecule has 2 aliphatic rings. The molecular formula is C17H22F2N2O3. The summed E-state index contributed by atoms with van der Waals surface area (Å²) in [4.78, 5) is 14.5. The fourth-order valence-electron chi connectivity index (χ4n) is 3.36. The Morgan fingerprint density at radius 3 is 2.54 bits per heavy atom. The lowest BCUT2D eigenvalue weighted by Crippen LogP contribution is -2.52. The molecular weight excluding hydrogens is 318 g/mol. The average molecular weight is 340 g/mol. The van der Waals surface area contributed by atoms with Crippen LogP contribution in [0.3, 0.4) is 0 Å². The van der Waals surface area contributed by atoms with Crippen LogP contribution < -0.4 is 5.32 Å². The lowest BCUT2D eigenvalue weighted by atomic mass is 9.96. The number of nitrogens with one attached hydrogen (secondary N) is 1. The van der Waals surface area contributed by atoms with E-state index < -0.39 is 23.1 Å². The SMILES string of the molecule is O=C(NC[C@H]([C@@H]1CCOC1)N1CCOCC1)c1c(F)cccc1F. The lowest BCUT2D eigenvalue weighted by Gasteiger charge is -2.37. The number of hydrogen-bond acceptors (Lipinski definition) is 4. The highest BCUT2D eigenvalue weighted by atomic mass is 19.1. The number of nitrogens with zero attached hydrogens (tertiary/aromatic N) is 1. The number of halogens is 2. The van der Waals surface area contributed by atoms with E-state index in [0.29, 0.717) is 38.9 Å². The Balaban J connectivity index is 1.67. The Morgan fingerprint density at radius 1 is 1.21 bits per heavy atom. The van der Waals surface area contributed by atoms with Crippen LogP contribution in [0.25, 0.3) is 0 Å². The summed E-state index contributed by atoms with van der Waals surface area (Å²) in [5, 5.41) is 2.70. The van der Waals surface area contributed by atoms with Crippen molar-refractivity contribution in [2.24, 2.45) is 5.92 Å². The van der Waals surface area contributed by atoms with Crippen molar-refractivity contribution in [2.75, 3.05) is 46.1 Å². The van der Waals surface area contributed by atoms with Crippen molar-refractivity contribution in [1.82, 2.24) is 10.2 Å². The van der Waals surface area contributed by atoms with E-state index in [1.54, 1.807) is 0 Å². The summed E-state index contributed by atoms with van der Waals surface area (Å²) in [5.74, 6) is -2.11. The van der Waals surface area contributed by atoms with Gasteiger partial charge < -0.3 is 14.8 Å². The monoisotopic (exact) mass is 340 g/mol. The molecule has 2 saturated heterocycles. The maximum Gasteiger partial charge on any atom is 0.257 e. The number of morpholine rings is 1. The van der Waals surface area contributed by atoms with Gasteiger partial charge in [-0.2, -0.15) is 0 Å². The number of amides is 1. The predicted molar refractivity (Wildman–Crippen MR) is 83.8 cm³/mol. The molecule has 1 amide bonds. The van der Waals surface area contributed by atoms with Crippen molar-refractivity contribution in [3.63, 3.8) is 0 Å². The maximum atomic E-state index is 13.7. The highest BCUT2D eigenvalue weighted by molar-refractivity contribution is 5.94. The molecule has 2 atom stereocenters. The molecule has 5 nitrogen and oxygen atoms in total. The maximum absolute atomic E-state index is 13.7. The van der Waals surface area contributed by atoms with Gasteiger partial charge in [-0.25, -0.2) is 8.78 Å². The standard InChI is InChI=1S/C17H22F2N2O3/c18-13-2-1-3-14(19)16(13)17(22)20-10-15(12-4-7-24-11-12)21-5-8-23-9-6-21/h1-3,12,15H,4-11H2,(H,20,22)/t12-,15-/m1/s1. The van der Waals surface area contributed by atoms with E-state index in [1.165, 1.54) is 6.07 Å². The van der Waals surface area contributed by atoms with Crippen molar-refractivity contribution in [3.8, 4) is 0 Å². The fraction of sp³-hybridized carbons (Fsp3) is 0.588. The quantitative estimate of drug-likeness (QED) is 0.881. The minimum atomic E-state index is -0.848. The first-order valence-corrected chi connectivity index (χ1v) is 8.28. The van der Waals surface area contributed by atoms with Crippen LogP contribution in [-0.4, -0.2) is 62.9 Å². The summed E-state index contributed by atoms with van der Waals surface area (Å²) < 4.78 is 38.3. The number of benzene rings is 1. The Morgan fingerprint density at radius 2 is 1.92 bits per heavy atom. The van der Waals surface area contributed by atoms with E-state index >= 15 is 0 Å². The molecule has 1 aromatic rings. The molecule has 0 spiro atoms. The van der Waals surface area contributed by atoms with Gasteiger partial charge in [-0.1, -0.05) is 6.07 Å². The van der Waals surface area contributed by atoms with Gasteiger partial charge in [0.15, 0.2) is 0 Å². The van der Waals surface area contributed by atoms with Gasteiger partial charge in [0.05, 0.1) is 19.8 Å². The first kappa shape index (κ1) is 17.3. The fourth-order valence-corrected chi connectivity index (χ4v) is 3.36. The lowest BCUT2D eigenvalue weighted by molar-refractivity contribution is 0.00165. The van der Waals surface area contributed by atoms with Crippen LogP contribution in [0.1, 0.15) is 16.8 Å². The van der Waals surface area contributed by atoms with Crippen LogP contribution in [-0.2, 0) is 9.47 Å². The molecule has 0 bridgehead atoms. The molecule has 7 heteroatoms. The van der Waals surface area contributed by atoms with E-state index in [4.69, 9.17) is 9.47 Å². The number of rotatable bonds is 5. The third-order valence-corrected chi connectivity index (χ3v) is 4.69. The zero-order valence-electron chi connectivity index (χ0n) is 13.5. The molecule has 1 aromatic carbocycles. The van der Waals surface area contributed by atoms with Crippen molar-refractivity contribution in [1.29, 1.82) is 0 Å². The van der Waals surface area contributed by atoms with E-state index in [9.17, 15) is 13.6 Å². The van der Waals surface area contributed by atoms with Crippen LogP contribution in [0.5, 0.6) is 0 Å². The number of carbonyl (C=O) groups excluding carboxylic acids is 1. The summed E-state index contributed by atoms with van der Waals surface area (Å²) >= 11 is 0. The second kappa shape index (κ2) is 8.00. The average Bonchev–Trinajstić information content (AvgIpc) is 3.10. The molecule has 3 rings (SSSR count). The van der Waals surface area contributed by atoms with Crippen molar-refractivity contribution >= 4 is 5.91 Å². The summed E-state index contributed by atoms with van der Waals surface area (Å²) in [6.07, 6.45) is 0.923. The smallest absolute Gasteiger partial charge is 0.257 e. The third-order valence-electron chi connectivity index (χ3n) is 4.69. The van der Waals surface area contributed by atoms with Crippen LogP contribution in [0, 0.1) is 17.6 Å². The van der Waals surface area contributed by atoms with Crippen LogP contribution >= 0.6 is 0 Å². The number of carbonyl (C=O) groups is 1. The first-order chi connectivity index (χ1) is 11.7. The summed E-state index contributed by atoms with van der Waals surface area (Å²) in [7, 11) is 0. The summed E-state index contributed by atoms with van der Waals surface area (Å²) in [6, 6.07) is 3.49. The highest BCUT2D eigenvalue weighted by Gasteiger charge is 2.32. The van der Waals surface area contributed by atoms with Gasteiger partial charge >= 0.3 is 0 Å². The summed E-state index contributed by atoms with van der Waals surface area (Å²) in [5.41, 5.74) is -0.527. The zero-order valence-corrected chi connectivity index (χ0v) is 13.5. The van der Waals surface area contributed by atoms with Crippen molar-refractivity contribution in [2.45, 2.75) is 12.5 Å². The summed E-state index contributed by atoms with van der Waals surface area (Å²) in [6.45, 7) is 4.56.